The number of rotatable bonds is 6. The van der Waals surface area contributed by atoms with Crippen molar-refractivity contribution in [2.24, 2.45) is 7.05 Å². The summed E-state index contributed by atoms with van der Waals surface area (Å²) in [7, 11) is 1.92. The number of nitrogens with zero attached hydrogens (tertiary/aromatic N) is 2. The highest BCUT2D eigenvalue weighted by Crippen LogP contribution is 2.13. The van der Waals surface area contributed by atoms with Crippen LogP contribution in [0.2, 0.25) is 0 Å². The molecule has 0 spiro atoms. The molecule has 25 heavy (non-hydrogen) atoms. The van der Waals surface area contributed by atoms with E-state index in [-0.39, 0.29) is 24.8 Å². The average Bonchev–Trinajstić information content (AvgIpc) is 2.95. The number of amides is 2. The van der Waals surface area contributed by atoms with Gasteiger partial charge in [0.05, 0.1) is 30.5 Å². The van der Waals surface area contributed by atoms with Gasteiger partial charge in [-0.25, -0.2) is 4.98 Å². The molecular weight excluding hydrogens is 316 g/mol. The van der Waals surface area contributed by atoms with Crippen LogP contribution in [0.1, 0.15) is 11.4 Å². The molecule has 0 radical (unpaired) electrons. The number of carbonyl (C=O) groups is 2. The first-order valence-corrected chi connectivity index (χ1v) is 8.11. The number of hydrogen-bond donors (Lipinski definition) is 2. The van der Waals surface area contributed by atoms with Crippen molar-refractivity contribution < 1.29 is 9.59 Å². The first kappa shape index (κ1) is 16.7. The van der Waals surface area contributed by atoms with Crippen LogP contribution >= 0.6 is 0 Å². The number of carbonyl (C=O) groups excluding carboxylic acids is 2. The Hall–Kier alpha value is -3.15. The molecule has 3 rings (SSSR count). The normalized spacial score (nSPS) is 10.6. The molecule has 0 bridgehead atoms. The molecule has 0 fully saturated rings. The predicted octanol–water partition coefficient (Wildman–Crippen LogP) is 1.55. The lowest BCUT2D eigenvalue weighted by Crippen LogP contribution is -2.37. The van der Waals surface area contributed by atoms with Gasteiger partial charge < -0.3 is 15.2 Å². The van der Waals surface area contributed by atoms with E-state index in [0.717, 1.165) is 22.4 Å². The fraction of sp³-hybridized carbons (Fsp3) is 0.211. The Labute approximate surface area is 145 Å². The van der Waals surface area contributed by atoms with E-state index in [1.165, 1.54) is 0 Å². The van der Waals surface area contributed by atoms with Crippen LogP contribution in [-0.2, 0) is 29.6 Å². The Morgan fingerprint density at radius 3 is 2.44 bits per heavy atom. The van der Waals surface area contributed by atoms with Crippen LogP contribution < -0.4 is 10.6 Å². The number of para-hydroxylation sites is 2. The highest BCUT2D eigenvalue weighted by Gasteiger charge is 2.10. The lowest BCUT2D eigenvalue weighted by atomic mass is 10.1. The second-order valence-corrected chi connectivity index (χ2v) is 5.79. The first-order valence-electron chi connectivity index (χ1n) is 8.11. The van der Waals surface area contributed by atoms with Gasteiger partial charge in [0.1, 0.15) is 5.82 Å². The zero-order valence-electron chi connectivity index (χ0n) is 14.0. The van der Waals surface area contributed by atoms with Crippen molar-refractivity contribution in [3.05, 3.63) is 66.0 Å². The molecule has 128 valence electrons. The molecule has 0 aliphatic rings. The van der Waals surface area contributed by atoms with Gasteiger partial charge in [0, 0.05) is 7.05 Å². The Balaban J connectivity index is 1.47. The molecule has 6 heteroatoms. The molecule has 0 unspecified atom stereocenters. The van der Waals surface area contributed by atoms with E-state index in [1.54, 1.807) is 0 Å². The largest absolute Gasteiger partial charge is 0.347 e. The second kappa shape index (κ2) is 7.61. The van der Waals surface area contributed by atoms with Crippen molar-refractivity contribution in [2.75, 3.05) is 6.54 Å². The van der Waals surface area contributed by atoms with Crippen LogP contribution in [0.5, 0.6) is 0 Å². The number of fused-ring (bicyclic) bond motifs is 1. The smallest absolute Gasteiger partial charge is 0.239 e. The fourth-order valence-electron chi connectivity index (χ4n) is 2.62. The molecular formula is C19H20N4O2. The Morgan fingerprint density at radius 1 is 0.960 bits per heavy atom. The lowest BCUT2D eigenvalue weighted by molar-refractivity contribution is -0.125. The van der Waals surface area contributed by atoms with Gasteiger partial charge in [-0.05, 0) is 17.7 Å². The van der Waals surface area contributed by atoms with Gasteiger partial charge in [0.25, 0.3) is 0 Å². The maximum atomic E-state index is 11.9. The van der Waals surface area contributed by atoms with Gasteiger partial charge in [-0.15, -0.1) is 0 Å². The van der Waals surface area contributed by atoms with Crippen LogP contribution in [0.15, 0.2) is 54.6 Å². The van der Waals surface area contributed by atoms with Gasteiger partial charge in [-0.3, -0.25) is 9.59 Å². The third kappa shape index (κ3) is 4.23. The summed E-state index contributed by atoms with van der Waals surface area (Å²) in [5, 5.41) is 5.41. The minimum Gasteiger partial charge on any atom is -0.347 e. The van der Waals surface area contributed by atoms with E-state index in [2.05, 4.69) is 15.6 Å². The molecule has 2 N–H and O–H groups in total. The average molecular weight is 336 g/mol. The van der Waals surface area contributed by atoms with Gasteiger partial charge in [-0.1, -0.05) is 42.5 Å². The molecule has 0 saturated carbocycles. The van der Waals surface area contributed by atoms with E-state index in [0.29, 0.717) is 6.54 Å². The summed E-state index contributed by atoms with van der Waals surface area (Å²) in [5.74, 6) is 0.350. The standard InChI is InChI=1S/C19H20N4O2/c1-23-16-10-6-5-9-15(16)22-17(23)12-20-19(25)13-21-18(24)11-14-7-3-2-4-8-14/h2-10H,11-13H2,1H3,(H,20,25)(H,21,24). The summed E-state index contributed by atoms with van der Waals surface area (Å²) < 4.78 is 1.95. The monoisotopic (exact) mass is 336 g/mol. The van der Waals surface area contributed by atoms with Gasteiger partial charge in [-0.2, -0.15) is 0 Å². The zero-order valence-corrected chi connectivity index (χ0v) is 14.0. The van der Waals surface area contributed by atoms with Crippen molar-refractivity contribution in [2.45, 2.75) is 13.0 Å². The van der Waals surface area contributed by atoms with Crippen LogP contribution in [0, 0.1) is 0 Å². The van der Waals surface area contributed by atoms with E-state index in [4.69, 9.17) is 0 Å². The molecule has 1 aromatic heterocycles. The summed E-state index contributed by atoms with van der Waals surface area (Å²) in [6.45, 7) is 0.272. The maximum absolute atomic E-state index is 11.9. The number of aryl methyl sites for hydroxylation is 1. The second-order valence-electron chi connectivity index (χ2n) is 5.79. The van der Waals surface area contributed by atoms with Crippen LogP contribution in [-0.4, -0.2) is 27.9 Å². The fourth-order valence-corrected chi connectivity index (χ4v) is 2.62. The Morgan fingerprint density at radius 2 is 1.68 bits per heavy atom. The Kier molecular flexibility index (Phi) is 5.09. The van der Waals surface area contributed by atoms with E-state index in [1.807, 2.05) is 66.2 Å². The quantitative estimate of drug-likeness (QED) is 0.717. The lowest BCUT2D eigenvalue weighted by Gasteiger charge is -2.07. The summed E-state index contributed by atoms with van der Waals surface area (Å²) in [6.07, 6.45) is 0.263. The summed E-state index contributed by atoms with van der Waals surface area (Å²) in [4.78, 5) is 28.3. The number of hydrogen-bond acceptors (Lipinski definition) is 3. The van der Waals surface area contributed by atoms with Crippen molar-refractivity contribution in [3.8, 4) is 0 Å². The van der Waals surface area contributed by atoms with Crippen molar-refractivity contribution in [1.82, 2.24) is 20.2 Å². The zero-order chi connectivity index (χ0) is 17.6. The summed E-state index contributed by atoms with van der Waals surface area (Å²) >= 11 is 0. The highest BCUT2D eigenvalue weighted by molar-refractivity contribution is 5.85. The van der Waals surface area contributed by atoms with Crippen LogP contribution in [0.25, 0.3) is 11.0 Å². The number of nitrogens with one attached hydrogen (secondary N) is 2. The van der Waals surface area contributed by atoms with E-state index in [9.17, 15) is 9.59 Å². The molecule has 3 aromatic rings. The van der Waals surface area contributed by atoms with Crippen LogP contribution in [0.4, 0.5) is 0 Å². The van der Waals surface area contributed by atoms with E-state index >= 15 is 0 Å². The minimum absolute atomic E-state index is 0.0460. The highest BCUT2D eigenvalue weighted by atomic mass is 16.2. The number of aromatic nitrogens is 2. The molecule has 2 amide bonds. The maximum Gasteiger partial charge on any atom is 0.239 e. The van der Waals surface area contributed by atoms with Gasteiger partial charge >= 0.3 is 0 Å². The molecule has 0 saturated heterocycles. The van der Waals surface area contributed by atoms with Gasteiger partial charge in [0.15, 0.2) is 0 Å². The van der Waals surface area contributed by atoms with Crippen LogP contribution in [0.3, 0.4) is 0 Å². The third-order valence-corrected chi connectivity index (χ3v) is 3.98. The predicted molar refractivity (Wildman–Crippen MR) is 95.7 cm³/mol. The van der Waals surface area contributed by atoms with Gasteiger partial charge in [0.2, 0.25) is 11.8 Å². The number of benzene rings is 2. The minimum atomic E-state index is -0.242. The SMILES string of the molecule is Cn1c(CNC(=O)CNC(=O)Cc2ccccc2)nc2ccccc21. The third-order valence-electron chi connectivity index (χ3n) is 3.98. The van der Waals surface area contributed by atoms with Crippen molar-refractivity contribution in [1.29, 1.82) is 0 Å². The Bertz CT molecular complexity index is 887. The molecule has 6 nitrogen and oxygen atoms in total. The summed E-state index contributed by atoms with van der Waals surface area (Å²) in [5.41, 5.74) is 2.83. The number of imidazole rings is 1. The molecule has 0 aliphatic heterocycles. The summed E-state index contributed by atoms with van der Waals surface area (Å²) in [6, 6.07) is 17.2. The molecule has 0 aliphatic carbocycles. The molecule has 2 aromatic carbocycles. The van der Waals surface area contributed by atoms with Crippen molar-refractivity contribution in [3.63, 3.8) is 0 Å². The van der Waals surface area contributed by atoms with E-state index < -0.39 is 0 Å². The molecule has 1 heterocycles. The molecule has 0 atom stereocenters. The topological polar surface area (TPSA) is 76.0 Å². The van der Waals surface area contributed by atoms with Crippen molar-refractivity contribution >= 4 is 22.8 Å². The first-order chi connectivity index (χ1) is 12.1.